The minimum atomic E-state index is -0.490. The third kappa shape index (κ3) is 5.56. The maximum Gasteiger partial charge on any atom is 0.233 e. The van der Waals surface area contributed by atoms with Crippen molar-refractivity contribution >= 4 is 29.3 Å². The Bertz CT molecular complexity index is 866. The molecule has 1 fully saturated rings. The van der Waals surface area contributed by atoms with Crippen LogP contribution in [0.25, 0.3) is 0 Å². The Kier molecular flexibility index (Phi) is 7.24. The lowest BCUT2D eigenvalue weighted by atomic mass is 10.2. The number of aromatic nitrogens is 3. The van der Waals surface area contributed by atoms with Crippen LogP contribution in [-0.4, -0.2) is 37.9 Å². The SMILES string of the molecule is CCn1c(CC(=O)Nc2ccccc2F)nnc1SC(C)C(=O)NC1CCCC1. The van der Waals surface area contributed by atoms with E-state index in [1.54, 1.807) is 12.1 Å². The highest BCUT2D eigenvalue weighted by molar-refractivity contribution is 8.00. The standard InChI is InChI=1S/C20H26FN5O2S/c1-3-26-17(12-18(27)23-16-11-7-6-10-15(16)21)24-25-20(26)29-13(2)19(28)22-14-8-4-5-9-14/h6-7,10-11,13-14H,3-5,8-9,12H2,1-2H3,(H,22,28)(H,23,27). The highest BCUT2D eigenvalue weighted by Gasteiger charge is 2.24. The Morgan fingerprint density at radius 3 is 2.69 bits per heavy atom. The van der Waals surface area contributed by atoms with E-state index in [0.717, 1.165) is 25.7 Å². The van der Waals surface area contributed by atoms with Crippen LogP contribution in [0.15, 0.2) is 29.4 Å². The van der Waals surface area contributed by atoms with Crippen LogP contribution in [0.3, 0.4) is 0 Å². The largest absolute Gasteiger partial charge is 0.352 e. The third-order valence-corrected chi connectivity index (χ3v) is 6.01. The number of hydrogen-bond donors (Lipinski definition) is 2. The summed E-state index contributed by atoms with van der Waals surface area (Å²) < 4.78 is 15.5. The number of benzene rings is 1. The first-order valence-electron chi connectivity index (χ1n) is 9.91. The molecular weight excluding hydrogens is 393 g/mol. The molecule has 9 heteroatoms. The van der Waals surface area contributed by atoms with E-state index in [2.05, 4.69) is 20.8 Å². The smallest absolute Gasteiger partial charge is 0.233 e. The molecule has 1 unspecified atom stereocenters. The van der Waals surface area contributed by atoms with Gasteiger partial charge in [0.15, 0.2) is 5.16 Å². The predicted octanol–water partition coefficient (Wildman–Crippen LogP) is 3.16. The lowest BCUT2D eigenvalue weighted by molar-refractivity contribution is -0.121. The molecular formula is C20H26FN5O2S. The van der Waals surface area contributed by atoms with Gasteiger partial charge in [-0.05, 0) is 38.8 Å². The van der Waals surface area contributed by atoms with E-state index in [1.807, 2.05) is 18.4 Å². The number of nitrogens with one attached hydrogen (secondary N) is 2. The monoisotopic (exact) mass is 419 g/mol. The first-order valence-corrected chi connectivity index (χ1v) is 10.8. The topological polar surface area (TPSA) is 88.9 Å². The number of para-hydroxylation sites is 1. The summed E-state index contributed by atoms with van der Waals surface area (Å²) >= 11 is 1.33. The number of anilines is 1. The number of halogens is 1. The van der Waals surface area contributed by atoms with Gasteiger partial charge in [0.25, 0.3) is 0 Å². The third-order valence-electron chi connectivity index (χ3n) is 4.93. The summed E-state index contributed by atoms with van der Waals surface area (Å²) in [6.07, 6.45) is 4.37. The van der Waals surface area contributed by atoms with Gasteiger partial charge in [-0.25, -0.2) is 4.39 Å². The van der Waals surface area contributed by atoms with Gasteiger partial charge in [-0.2, -0.15) is 0 Å². The quantitative estimate of drug-likeness (QED) is 0.642. The van der Waals surface area contributed by atoms with Gasteiger partial charge >= 0.3 is 0 Å². The van der Waals surface area contributed by atoms with E-state index in [-0.39, 0.29) is 35.2 Å². The van der Waals surface area contributed by atoms with Crippen molar-refractivity contribution in [2.75, 3.05) is 5.32 Å². The van der Waals surface area contributed by atoms with Gasteiger partial charge in [-0.15, -0.1) is 10.2 Å². The van der Waals surface area contributed by atoms with Crippen molar-refractivity contribution in [3.05, 3.63) is 35.9 Å². The van der Waals surface area contributed by atoms with Gasteiger partial charge in [0.05, 0.1) is 17.4 Å². The first kappa shape index (κ1) is 21.3. The molecule has 3 rings (SSSR count). The second-order valence-electron chi connectivity index (χ2n) is 7.10. The molecule has 2 N–H and O–H groups in total. The Hall–Kier alpha value is -2.42. The minimum absolute atomic E-state index is 0.00796. The van der Waals surface area contributed by atoms with Crippen LogP contribution in [0.1, 0.15) is 45.4 Å². The van der Waals surface area contributed by atoms with E-state index >= 15 is 0 Å². The van der Waals surface area contributed by atoms with Crippen molar-refractivity contribution in [3.8, 4) is 0 Å². The van der Waals surface area contributed by atoms with E-state index < -0.39 is 5.82 Å². The maximum atomic E-state index is 13.7. The lowest BCUT2D eigenvalue weighted by Crippen LogP contribution is -2.37. The fraction of sp³-hybridized carbons (Fsp3) is 0.500. The molecule has 1 aliphatic carbocycles. The molecule has 1 aromatic carbocycles. The summed E-state index contributed by atoms with van der Waals surface area (Å²) in [5.41, 5.74) is 0.131. The second-order valence-corrected chi connectivity index (χ2v) is 8.41. The van der Waals surface area contributed by atoms with Crippen molar-refractivity contribution in [1.29, 1.82) is 0 Å². The zero-order chi connectivity index (χ0) is 20.8. The highest BCUT2D eigenvalue weighted by atomic mass is 32.2. The van der Waals surface area contributed by atoms with Crippen molar-refractivity contribution in [2.24, 2.45) is 0 Å². The number of carbonyl (C=O) groups excluding carboxylic acids is 2. The van der Waals surface area contributed by atoms with Crippen LogP contribution in [0, 0.1) is 5.82 Å². The van der Waals surface area contributed by atoms with E-state index in [0.29, 0.717) is 17.5 Å². The lowest BCUT2D eigenvalue weighted by Gasteiger charge is -2.16. The van der Waals surface area contributed by atoms with Crippen LogP contribution >= 0.6 is 11.8 Å². The molecule has 2 aromatic rings. The van der Waals surface area contributed by atoms with Crippen molar-refractivity contribution < 1.29 is 14.0 Å². The molecule has 1 aliphatic rings. The zero-order valence-electron chi connectivity index (χ0n) is 16.7. The number of hydrogen-bond acceptors (Lipinski definition) is 5. The van der Waals surface area contributed by atoms with Gasteiger partial charge in [0.2, 0.25) is 11.8 Å². The molecule has 7 nitrogen and oxygen atoms in total. The summed E-state index contributed by atoms with van der Waals surface area (Å²) in [5.74, 6) is -0.393. The summed E-state index contributed by atoms with van der Waals surface area (Å²) in [6.45, 7) is 4.33. The second kappa shape index (κ2) is 9.87. The molecule has 1 atom stereocenters. The summed E-state index contributed by atoms with van der Waals surface area (Å²) in [5, 5.41) is 14.2. The van der Waals surface area contributed by atoms with Gasteiger partial charge in [-0.1, -0.05) is 36.7 Å². The number of thioether (sulfide) groups is 1. The summed E-state index contributed by atoms with van der Waals surface area (Å²) in [6, 6.07) is 6.28. The summed E-state index contributed by atoms with van der Waals surface area (Å²) in [4.78, 5) is 24.7. The Labute approximate surface area is 173 Å². The molecule has 1 heterocycles. The van der Waals surface area contributed by atoms with Crippen LogP contribution in [0.5, 0.6) is 0 Å². The average Bonchev–Trinajstić information content (AvgIpc) is 3.33. The fourth-order valence-corrected chi connectivity index (χ4v) is 4.30. The van der Waals surface area contributed by atoms with Gasteiger partial charge in [-0.3, -0.25) is 9.59 Å². The van der Waals surface area contributed by atoms with Crippen LogP contribution in [0.4, 0.5) is 10.1 Å². The van der Waals surface area contributed by atoms with Crippen LogP contribution < -0.4 is 10.6 Å². The molecule has 1 saturated carbocycles. The molecule has 1 aromatic heterocycles. The van der Waals surface area contributed by atoms with Crippen LogP contribution in [-0.2, 0) is 22.6 Å². The Morgan fingerprint density at radius 1 is 1.28 bits per heavy atom. The van der Waals surface area contributed by atoms with E-state index in [4.69, 9.17) is 0 Å². The maximum absolute atomic E-state index is 13.7. The zero-order valence-corrected chi connectivity index (χ0v) is 17.5. The van der Waals surface area contributed by atoms with Crippen molar-refractivity contribution in [2.45, 2.75) is 68.9 Å². The van der Waals surface area contributed by atoms with E-state index in [9.17, 15) is 14.0 Å². The molecule has 29 heavy (non-hydrogen) atoms. The predicted molar refractivity (Wildman–Crippen MR) is 110 cm³/mol. The molecule has 0 aliphatic heterocycles. The minimum Gasteiger partial charge on any atom is -0.352 e. The number of carbonyl (C=O) groups is 2. The van der Waals surface area contributed by atoms with Gasteiger partial charge in [0.1, 0.15) is 11.6 Å². The first-order chi connectivity index (χ1) is 14.0. The number of rotatable bonds is 8. The molecule has 0 spiro atoms. The molecule has 0 saturated heterocycles. The van der Waals surface area contributed by atoms with E-state index in [1.165, 1.54) is 23.9 Å². The molecule has 0 radical (unpaired) electrons. The van der Waals surface area contributed by atoms with Crippen LogP contribution in [0.2, 0.25) is 0 Å². The van der Waals surface area contributed by atoms with Crippen molar-refractivity contribution in [1.82, 2.24) is 20.1 Å². The number of nitrogens with zero attached hydrogens (tertiary/aromatic N) is 3. The number of amides is 2. The normalized spacial score (nSPS) is 15.3. The molecule has 2 amide bonds. The Morgan fingerprint density at radius 2 is 2.00 bits per heavy atom. The van der Waals surface area contributed by atoms with Crippen molar-refractivity contribution in [3.63, 3.8) is 0 Å². The van der Waals surface area contributed by atoms with Gasteiger partial charge < -0.3 is 15.2 Å². The summed E-state index contributed by atoms with van der Waals surface area (Å²) in [7, 11) is 0. The highest BCUT2D eigenvalue weighted by Crippen LogP contribution is 2.24. The Balaban J connectivity index is 1.61. The molecule has 156 valence electrons. The fourth-order valence-electron chi connectivity index (χ4n) is 3.36. The van der Waals surface area contributed by atoms with Gasteiger partial charge in [0, 0.05) is 12.6 Å². The molecule has 0 bridgehead atoms. The average molecular weight is 420 g/mol.